The van der Waals surface area contributed by atoms with Crippen molar-refractivity contribution in [2.45, 2.75) is 13.3 Å². The highest BCUT2D eigenvalue weighted by Gasteiger charge is 2.15. The summed E-state index contributed by atoms with van der Waals surface area (Å²) in [6.45, 7) is 1.99. The first kappa shape index (κ1) is 14.8. The van der Waals surface area contributed by atoms with Crippen molar-refractivity contribution in [3.8, 4) is 10.9 Å². The van der Waals surface area contributed by atoms with E-state index in [-0.39, 0.29) is 5.56 Å². The zero-order valence-corrected chi connectivity index (χ0v) is 14.1. The van der Waals surface area contributed by atoms with Crippen molar-refractivity contribution in [2.24, 2.45) is 0 Å². The molecule has 0 saturated carbocycles. The van der Waals surface area contributed by atoms with Crippen LogP contribution in [-0.2, 0) is 6.42 Å². The SMILES string of the molecule is CCc1nc2ccccc2c(=O)n1-c1nc2ccc(OC)cc2s1. The van der Waals surface area contributed by atoms with E-state index in [0.29, 0.717) is 22.8 Å². The Hall–Kier alpha value is -2.73. The predicted molar refractivity (Wildman–Crippen MR) is 96.4 cm³/mol. The topological polar surface area (TPSA) is 57.0 Å². The normalized spacial score (nSPS) is 11.2. The Morgan fingerprint density at radius 1 is 1.12 bits per heavy atom. The number of hydrogen-bond acceptors (Lipinski definition) is 5. The quantitative estimate of drug-likeness (QED) is 0.573. The molecule has 4 aromatic rings. The lowest BCUT2D eigenvalue weighted by Crippen LogP contribution is -2.23. The van der Waals surface area contributed by atoms with Gasteiger partial charge in [-0.15, -0.1) is 0 Å². The highest BCUT2D eigenvalue weighted by Crippen LogP contribution is 2.28. The highest BCUT2D eigenvalue weighted by atomic mass is 32.1. The Morgan fingerprint density at radius 2 is 1.96 bits per heavy atom. The Labute approximate surface area is 142 Å². The van der Waals surface area contributed by atoms with Crippen molar-refractivity contribution in [2.75, 3.05) is 7.11 Å². The maximum absolute atomic E-state index is 13.0. The molecule has 0 spiro atoms. The van der Waals surface area contributed by atoms with Crippen molar-refractivity contribution >= 4 is 32.5 Å². The summed E-state index contributed by atoms with van der Waals surface area (Å²) in [5.74, 6) is 1.49. The Balaban J connectivity index is 2.01. The van der Waals surface area contributed by atoms with Crippen LogP contribution in [0.3, 0.4) is 0 Å². The molecule has 2 aromatic heterocycles. The van der Waals surface area contributed by atoms with Gasteiger partial charge in [-0.25, -0.2) is 14.5 Å². The molecule has 0 aliphatic heterocycles. The fraction of sp³-hybridized carbons (Fsp3) is 0.167. The summed E-state index contributed by atoms with van der Waals surface area (Å²) in [6, 6.07) is 13.1. The molecule has 0 unspecified atom stereocenters. The molecule has 6 heteroatoms. The lowest BCUT2D eigenvalue weighted by Gasteiger charge is -2.09. The second-order valence-corrected chi connectivity index (χ2v) is 6.38. The molecule has 0 amide bonds. The summed E-state index contributed by atoms with van der Waals surface area (Å²) in [6.07, 6.45) is 0.652. The minimum atomic E-state index is -0.0801. The van der Waals surface area contributed by atoms with Gasteiger partial charge in [-0.2, -0.15) is 0 Å². The van der Waals surface area contributed by atoms with Gasteiger partial charge in [-0.1, -0.05) is 30.4 Å². The summed E-state index contributed by atoms with van der Waals surface area (Å²) < 4.78 is 7.86. The molecule has 0 atom stereocenters. The number of aryl methyl sites for hydroxylation is 1. The van der Waals surface area contributed by atoms with E-state index in [1.807, 2.05) is 43.3 Å². The second-order valence-electron chi connectivity index (χ2n) is 5.37. The molecule has 4 rings (SSSR count). The predicted octanol–water partition coefficient (Wildman–Crippen LogP) is 3.57. The van der Waals surface area contributed by atoms with E-state index in [9.17, 15) is 4.79 Å². The first-order valence-electron chi connectivity index (χ1n) is 7.67. The standard InChI is InChI=1S/C18H15N3O2S/c1-3-16-19-13-7-5-4-6-12(13)17(22)21(16)18-20-14-9-8-11(23-2)10-15(14)24-18/h4-10H,3H2,1-2H3. The molecule has 24 heavy (non-hydrogen) atoms. The number of rotatable bonds is 3. The highest BCUT2D eigenvalue weighted by molar-refractivity contribution is 7.20. The molecule has 5 nitrogen and oxygen atoms in total. The molecule has 2 aromatic carbocycles. The van der Waals surface area contributed by atoms with Crippen molar-refractivity contribution in [3.05, 3.63) is 58.6 Å². The molecule has 120 valence electrons. The molecule has 0 bridgehead atoms. The third kappa shape index (κ3) is 2.27. The molecule has 0 aliphatic rings. The number of para-hydroxylation sites is 1. The van der Waals surface area contributed by atoms with Gasteiger partial charge in [0.15, 0.2) is 5.13 Å². The van der Waals surface area contributed by atoms with Crippen LogP contribution >= 0.6 is 11.3 Å². The van der Waals surface area contributed by atoms with Gasteiger partial charge in [0.05, 0.1) is 28.2 Å². The van der Waals surface area contributed by atoms with Crippen LogP contribution in [0.15, 0.2) is 47.3 Å². The maximum atomic E-state index is 13.0. The third-order valence-electron chi connectivity index (χ3n) is 3.94. The van der Waals surface area contributed by atoms with Gasteiger partial charge in [0.1, 0.15) is 11.6 Å². The monoisotopic (exact) mass is 337 g/mol. The zero-order valence-electron chi connectivity index (χ0n) is 13.3. The van der Waals surface area contributed by atoms with E-state index in [0.717, 1.165) is 21.5 Å². The molecule has 0 aliphatic carbocycles. The number of fused-ring (bicyclic) bond motifs is 2. The number of nitrogens with zero attached hydrogens (tertiary/aromatic N) is 3. The molecule has 0 N–H and O–H groups in total. The van der Waals surface area contributed by atoms with Crippen LogP contribution in [0.1, 0.15) is 12.7 Å². The third-order valence-corrected chi connectivity index (χ3v) is 4.94. The van der Waals surface area contributed by atoms with E-state index in [2.05, 4.69) is 9.97 Å². The first-order chi connectivity index (χ1) is 11.7. The van der Waals surface area contributed by atoms with Crippen LogP contribution in [0.25, 0.3) is 26.3 Å². The van der Waals surface area contributed by atoms with Crippen molar-refractivity contribution in [1.82, 2.24) is 14.5 Å². The van der Waals surface area contributed by atoms with Gasteiger partial charge in [0.25, 0.3) is 5.56 Å². The molecular formula is C18H15N3O2S. The fourth-order valence-corrected chi connectivity index (χ4v) is 3.74. The van der Waals surface area contributed by atoms with E-state index < -0.39 is 0 Å². The summed E-state index contributed by atoms with van der Waals surface area (Å²) in [5.41, 5.74) is 1.49. The molecule has 0 saturated heterocycles. The minimum absolute atomic E-state index is 0.0801. The number of aromatic nitrogens is 3. The fourth-order valence-electron chi connectivity index (χ4n) is 2.73. The lowest BCUT2D eigenvalue weighted by molar-refractivity contribution is 0.415. The van der Waals surface area contributed by atoms with E-state index in [1.54, 1.807) is 17.7 Å². The first-order valence-corrected chi connectivity index (χ1v) is 8.48. The molecule has 2 heterocycles. The van der Waals surface area contributed by atoms with E-state index in [4.69, 9.17) is 4.74 Å². The summed E-state index contributed by atoms with van der Waals surface area (Å²) in [4.78, 5) is 22.2. The summed E-state index contributed by atoms with van der Waals surface area (Å²) >= 11 is 1.46. The number of hydrogen-bond donors (Lipinski definition) is 0. The second kappa shape index (κ2) is 5.72. The van der Waals surface area contributed by atoms with Crippen molar-refractivity contribution < 1.29 is 4.74 Å². The molecule has 0 radical (unpaired) electrons. The number of thiazole rings is 1. The van der Waals surface area contributed by atoms with Gasteiger partial charge in [-0.3, -0.25) is 4.79 Å². The Kier molecular flexibility index (Phi) is 3.54. The minimum Gasteiger partial charge on any atom is -0.497 e. The smallest absolute Gasteiger partial charge is 0.267 e. The molecule has 0 fully saturated rings. The molecular weight excluding hydrogens is 322 g/mol. The van der Waals surface area contributed by atoms with Crippen molar-refractivity contribution in [3.63, 3.8) is 0 Å². The van der Waals surface area contributed by atoms with Crippen molar-refractivity contribution in [1.29, 1.82) is 0 Å². The van der Waals surface area contributed by atoms with Gasteiger partial charge in [0, 0.05) is 6.42 Å². The van der Waals surface area contributed by atoms with Crippen LogP contribution in [-0.4, -0.2) is 21.6 Å². The average molecular weight is 337 g/mol. The van der Waals surface area contributed by atoms with Gasteiger partial charge >= 0.3 is 0 Å². The van der Waals surface area contributed by atoms with Crippen LogP contribution in [0.5, 0.6) is 5.75 Å². The Morgan fingerprint density at radius 3 is 2.75 bits per heavy atom. The van der Waals surface area contributed by atoms with Crippen LogP contribution in [0.4, 0.5) is 0 Å². The largest absolute Gasteiger partial charge is 0.497 e. The number of benzene rings is 2. The maximum Gasteiger partial charge on any atom is 0.267 e. The number of ether oxygens (including phenoxy) is 1. The zero-order chi connectivity index (χ0) is 16.7. The van der Waals surface area contributed by atoms with Crippen LogP contribution in [0.2, 0.25) is 0 Å². The van der Waals surface area contributed by atoms with E-state index in [1.165, 1.54) is 11.3 Å². The number of methoxy groups -OCH3 is 1. The Bertz CT molecular complexity index is 1110. The summed E-state index contributed by atoms with van der Waals surface area (Å²) in [5, 5.41) is 1.24. The van der Waals surface area contributed by atoms with Gasteiger partial charge in [-0.05, 0) is 30.3 Å². The van der Waals surface area contributed by atoms with Crippen LogP contribution < -0.4 is 10.3 Å². The lowest BCUT2D eigenvalue weighted by atomic mass is 10.2. The average Bonchev–Trinajstić information content (AvgIpc) is 3.03. The van der Waals surface area contributed by atoms with E-state index >= 15 is 0 Å². The van der Waals surface area contributed by atoms with Crippen LogP contribution in [0, 0.1) is 0 Å². The van der Waals surface area contributed by atoms with Gasteiger partial charge < -0.3 is 4.74 Å². The van der Waals surface area contributed by atoms with Gasteiger partial charge in [0.2, 0.25) is 0 Å². The summed E-state index contributed by atoms with van der Waals surface area (Å²) in [7, 11) is 1.63.